The highest BCUT2D eigenvalue weighted by Gasteiger charge is 2.53. The highest BCUT2D eigenvalue weighted by molar-refractivity contribution is 9.10. The molecule has 0 amide bonds. The highest BCUT2D eigenvalue weighted by atomic mass is 79.9. The fourth-order valence-corrected chi connectivity index (χ4v) is 7.64. The number of benzene rings is 2. The zero-order valence-corrected chi connectivity index (χ0v) is 26.4. The number of nitrogens with zero attached hydrogens (tertiary/aromatic N) is 1. The Bertz CT molecular complexity index is 2750. The van der Waals surface area contributed by atoms with Crippen LogP contribution in [-0.2, 0) is 23.3 Å². The molecule has 4 aliphatic carbocycles. The first-order valence-corrected chi connectivity index (χ1v) is 15.2. The van der Waals surface area contributed by atoms with Crippen LogP contribution in [0.25, 0.3) is 22.3 Å². The Hall–Kier alpha value is -5.27. The second kappa shape index (κ2) is 10.6. The largest absolute Gasteiger partial charge is 0.510 e. The number of phenols is 1. The summed E-state index contributed by atoms with van der Waals surface area (Å²) in [5.41, 5.74) is -5.78. The molecule has 0 radical (unpaired) electrons. The van der Waals surface area contributed by atoms with Crippen molar-refractivity contribution in [3.05, 3.63) is 140 Å². The molecule has 0 aliphatic heterocycles. The second-order valence-corrected chi connectivity index (χ2v) is 12.4. The number of aromatic nitrogens is 1. The van der Waals surface area contributed by atoms with Gasteiger partial charge in [0, 0.05) is 26.5 Å². The van der Waals surface area contributed by atoms with Crippen LogP contribution in [0.1, 0.15) is 28.8 Å². The molecule has 1 aromatic heterocycles. The number of aliphatic hydroxyl groups is 2. The van der Waals surface area contributed by atoms with E-state index in [2.05, 4.69) is 26.1 Å². The molecular formula is C33H20BrClN2O10. The van der Waals surface area contributed by atoms with Crippen molar-refractivity contribution in [2.45, 2.75) is 24.9 Å². The third-order valence-corrected chi connectivity index (χ3v) is 9.90. The van der Waals surface area contributed by atoms with Crippen LogP contribution in [0.15, 0.2) is 70.0 Å². The SMILES string of the molecule is COc1cc(=O)c2c(=O)c3c(c(=O)c=2c1=O)=C(O)[C@]1(CCc2c1c(O)c1c(=O)[nH]c(/C=N/OCc4cccc(Cl)c4)cc1c2Br)C=3O. The number of aliphatic hydroxyl groups excluding tert-OH is 2. The number of fused-ring (bicyclic) bond motifs is 4. The monoisotopic (exact) mass is 718 g/mol. The third kappa shape index (κ3) is 4.12. The van der Waals surface area contributed by atoms with Crippen molar-refractivity contribution in [2.24, 2.45) is 5.16 Å². The van der Waals surface area contributed by atoms with Gasteiger partial charge >= 0.3 is 0 Å². The first kappa shape index (κ1) is 30.4. The lowest BCUT2D eigenvalue weighted by molar-refractivity contribution is 0.132. The van der Waals surface area contributed by atoms with E-state index in [9.17, 15) is 39.3 Å². The van der Waals surface area contributed by atoms with E-state index in [4.69, 9.17) is 21.2 Å². The lowest BCUT2D eigenvalue weighted by Crippen LogP contribution is -2.51. The Morgan fingerprint density at radius 1 is 0.979 bits per heavy atom. The summed E-state index contributed by atoms with van der Waals surface area (Å²) < 4.78 is 5.25. The molecule has 236 valence electrons. The topological polar surface area (TPSA) is 193 Å². The minimum atomic E-state index is -2.02. The van der Waals surface area contributed by atoms with Gasteiger partial charge in [0.05, 0.1) is 45.3 Å². The molecule has 7 rings (SSSR count). The van der Waals surface area contributed by atoms with Crippen LogP contribution in [0.4, 0.5) is 0 Å². The van der Waals surface area contributed by atoms with Gasteiger partial charge in [-0.2, -0.15) is 0 Å². The Kier molecular flexibility index (Phi) is 6.88. The van der Waals surface area contributed by atoms with E-state index < -0.39 is 76.6 Å². The zero-order chi connectivity index (χ0) is 33.5. The van der Waals surface area contributed by atoms with Crippen LogP contribution in [-0.4, -0.2) is 33.6 Å². The van der Waals surface area contributed by atoms with E-state index in [0.29, 0.717) is 15.1 Å². The number of H-pyrrole nitrogens is 1. The van der Waals surface area contributed by atoms with Crippen LogP contribution in [0.5, 0.6) is 11.5 Å². The molecule has 0 fully saturated rings. The average molecular weight is 720 g/mol. The molecule has 1 heterocycles. The number of oxime groups is 1. The van der Waals surface area contributed by atoms with E-state index in [1.54, 1.807) is 24.3 Å². The summed E-state index contributed by atoms with van der Waals surface area (Å²) in [5, 5.41) is 36.6. The summed E-state index contributed by atoms with van der Waals surface area (Å²) in [5.74, 6) is -2.64. The number of methoxy groups -OCH3 is 1. The van der Waals surface area contributed by atoms with Crippen LogP contribution in [0.2, 0.25) is 5.02 Å². The van der Waals surface area contributed by atoms with Gasteiger partial charge in [-0.1, -0.05) is 28.9 Å². The molecule has 0 saturated carbocycles. The van der Waals surface area contributed by atoms with Gasteiger partial charge in [-0.25, -0.2) is 0 Å². The number of pyridine rings is 1. The summed E-state index contributed by atoms with van der Waals surface area (Å²) in [6, 6.07) is 9.31. The number of aromatic amines is 1. The molecule has 12 nitrogen and oxygen atoms in total. The molecular weight excluding hydrogens is 700 g/mol. The van der Waals surface area contributed by atoms with Gasteiger partial charge in [-0.3, -0.25) is 24.0 Å². The van der Waals surface area contributed by atoms with Gasteiger partial charge in [0.2, 0.25) is 16.3 Å². The average Bonchev–Trinajstić information content (AvgIpc) is 3.55. The Labute approximate surface area is 274 Å². The molecule has 0 bridgehead atoms. The minimum Gasteiger partial charge on any atom is -0.510 e. The zero-order valence-electron chi connectivity index (χ0n) is 24.1. The predicted molar refractivity (Wildman–Crippen MR) is 175 cm³/mol. The number of aromatic hydroxyl groups is 1. The second-order valence-electron chi connectivity index (χ2n) is 11.2. The fraction of sp³-hybridized carbons (Fsp3) is 0.152. The Morgan fingerprint density at radius 2 is 1.68 bits per heavy atom. The van der Waals surface area contributed by atoms with Crippen molar-refractivity contribution in [3.8, 4) is 11.5 Å². The van der Waals surface area contributed by atoms with Gasteiger partial charge in [-0.15, -0.1) is 0 Å². The standard InChI is InChI=1S/C33H20BrClN2O10/c1-46-18-9-17(38)20-21(26(18)39)28(41)23-22(27(20)40)30(43)33(31(23)44)6-5-15-24(33)29(42)19-16(25(15)34)8-14(37-32(19)45)10-36-47-11-12-3-2-4-13(35)7-12/h2-4,7-10,42-44H,5-6,11H2,1H3,(H,37,45)/b36-10+/t33-/m0/s1. The molecule has 0 unspecified atom stereocenters. The van der Waals surface area contributed by atoms with Crippen LogP contribution >= 0.6 is 27.5 Å². The molecule has 2 aromatic carbocycles. The van der Waals surface area contributed by atoms with E-state index in [1.165, 1.54) is 12.3 Å². The van der Waals surface area contributed by atoms with Crippen molar-refractivity contribution in [3.63, 3.8) is 0 Å². The lowest BCUT2D eigenvalue weighted by atomic mass is 9.78. The normalized spacial score (nSPS) is 16.9. The quantitative estimate of drug-likeness (QED) is 0.153. The molecule has 14 heteroatoms. The van der Waals surface area contributed by atoms with Crippen LogP contribution in [0.3, 0.4) is 0 Å². The first-order chi connectivity index (χ1) is 22.4. The van der Waals surface area contributed by atoms with E-state index in [0.717, 1.165) is 18.7 Å². The summed E-state index contributed by atoms with van der Waals surface area (Å²) in [6.45, 7) is 0.114. The van der Waals surface area contributed by atoms with Crippen molar-refractivity contribution in [1.82, 2.24) is 4.98 Å². The van der Waals surface area contributed by atoms with Crippen LogP contribution < -0.4 is 42.4 Å². The number of nitrogens with one attached hydrogen (secondary N) is 1. The van der Waals surface area contributed by atoms with Gasteiger partial charge in [0.25, 0.3) is 5.56 Å². The van der Waals surface area contributed by atoms with Gasteiger partial charge in [0.1, 0.15) is 29.3 Å². The lowest BCUT2D eigenvalue weighted by Gasteiger charge is -2.27. The maximum Gasteiger partial charge on any atom is 0.260 e. The van der Waals surface area contributed by atoms with Crippen molar-refractivity contribution >= 4 is 56.0 Å². The molecule has 1 spiro atoms. The number of rotatable bonds is 5. The van der Waals surface area contributed by atoms with Gasteiger partial charge in [0.15, 0.2) is 11.2 Å². The number of ether oxygens (including phenoxy) is 1. The van der Waals surface area contributed by atoms with E-state index >= 15 is 0 Å². The third-order valence-electron chi connectivity index (χ3n) is 8.76. The minimum absolute atomic E-state index is 0.107. The van der Waals surface area contributed by atoms with Crippen molar-refractivity contribution in [2.75, 3.05) is 7.11 Å². The maximum absolute atomic E-state index is 13.7. The first-order valence-electron chi connectivity index (χ1n) is 14.0. The number of phenolic OH excluding ortho intramolecular Hbond substituents is 1. The summed E-state index contributed by atoms with van der Waals surface area (Å²) in [7, 11) is 1.12. The van der Waals surface area contributed by atoms with Gasteiger partial charge < -0.3 is 29.9 Å². The molecule has 0 saturated heterocycles. The van der Waals surface area contributed by atoms with E-state index in [1.807, 2.05) is 0 Å². The highest BCUT2D eigenvalue weighted by Crippen LogP contribution is 2.56. The Balaban J connectivity index is 1.42. The summed E-state index contributed by atoms with van der Waals surface area (Å²) >= 11 is 9.49. The molecule has 4 N–H and O–H groups in total. The number of hydrogen-bond acceptors (Lipinski definition) is 11. The summed E-state index contributed by atoms with van der Waals surface area (Å²) in [4.78, 5) is 74.4. The van der Waals surface area contributed by atoms with Crippen LogP contribution in [0, 0.1) is 10.4 Å². The predicted octanol–water partition coefficient (Wildman–Crippen LogP) is 1.48. The van der Waals surface area contributed by atoms with Gasteiger partial charge in [-0.05, 0) is 58.1 Å². The maximum atomic E-state index is 13.7. The number of halogens is 2. The summed E-state index contributed by atoms with van der Waals surface area (Å²) in [6.07, 6.45) is 1.25. The Morgan fingerprint density at radius 3 is 2.36 bits per heavy atom. The fourth-order valence-electron chi connectivity index (χ4n) is 6.71. The van der Waals surface area contributed by atoms with Crippen molar-refractivity contribution in [1.29, 1.82) is 0 Å². The number of hydrogen-bond donors (Lipinski definition) is 4. The van der Waals surface area contributed by atoms with E-state index in [-0.39, 0.29) is 41.5 Å². The smallest absolute Gasteiger partial charge is 0.260 e. The molecule has 1 atom stereocenters. The molecule has 47 heavy (non-hydrogen) atoms. The van der Waals surface area contributed by atoms with Crippen molar-refractivity contribution < 1.29 is 24.9 Å². The molecule has 4 aliphatic rings. The molecule has 3 aromatic rings.